The summed E-state index contributed by atoms with van der Waals surface area (Å²) < 4.78 is 11.2. The SMILES string of the molecule is Cc1ccc(C2CCCCC2)c(OC[C@@H]2CO2)c1. The maximum Gasteiger partial charge on any atom is 0.123 e. The summed E-state index contributed by atoms with van der Waals surface area (Å²) >= 11 is 0. The van der Waals surface area contributed by atoms with Crippen molar-refractivity contribution in [1.29, 1.82) is 0 Å². The second-order valence-electron chi connectivity index (χ2n) is 5.64. The fourth-order valence-electron chi connectivity index (χ4n) is 2.86. The van der Waals surface area contributed by atoms with Crippen LogP contribution in [0.2, 0.25) is 0 Å². The highest BCUT2D eigenvalue weighted by molar-refractivity contribution is 5.39. The molecule has 1 heterocycles. The number of hydrogen-bond donors (Lipinski definition) is 0. The lowest BCUT2D eigenvalue weighted by Gasteiger charge is -2.24. The number of epoxide rings is 1. The van der Waals surface area contributed by atoms with Crippen molar-refractivity contribution in [2.24, 2.45) is 0 Å². The second-order valence-corrected chi connectivity index (χ2v) is 5.64. The molecule has 1 atom stereocenters. The van der Waals surface area contributed by atoms with Gasteiger partial charge in [-0.3, -0.25) is 0 Å². The summed E-state index contributed by atoms with van der Waals surface area (Å²) in [5.41, 5.74) is 2.70. The zero-order valence-corrected chi connectivity index (χ0v) is 11.2. The summed E-state index contributed by atoms with van der Waals surface area (Å²) in [5, 5.41) is 0. The lowest BCUT2D eigenvalue weighted by Crippen LogP contribution is -2.10. The molecular formula is C16H22O2. The molecule has 2 heteroatoms. The molecule has 98 valence electrons. The predicted octanol–water partition coefficient (Wildman–Crippen LogP) is 3.82. The van der Waals surface area contributed by atoms with Crippen LogP contribution in [0.3, 0.4) is 0 Å². The van der Waals surface area contributed by atoms with Gasteiger partial charge < -0.3 is 9.47 Å². The molecule has 18 heavy (non-hydrogen) atoms. The minimum absolute atomic E-state index is 0.338. The highest BCUT2D eigenvalue weighted by atomic mass is 16.6. The van der Waals surface area contributed by atoms with Gasteiger partial charge in [0, 0.05) is 0 Å². The molecule has 3 rings (SSSR count). The molecule has 0 unspecified atom stereocenters. The van der Waals surface area contributed by atoms with Crippen LogP contribution in [0.25, 0.3) is 0 Å². The van der Waals surface area contributed by atoms with Crippen LogP contribution in [0.5, 0.6) is 5.75 Å². The van der Waals surface area contributed by atoms with E-state index in [1.807, 2.05) is 0 Å². The van der Waals surface area contributed by atoms with Gasteiger partial charge in [0.25, 0.3) is 0 Å². The predicted molar refractivity (Wildman–Crippen MR) is 72.2 cm³/mol. The summed E-state index contributed by atoms with van der Waals surface area (Å²) in [4.78, 5) is 0. The normalized spacial score (nSPS) is 23.9. The van der Waals surface area contributed by atoms with Crippen molar-refractivity contribution < 1.29 is 9.47 Å². The van der Waals surface area contributed by atoms with Crippen molar-refractivity contribution in [3.63, 3.8) is 0 Å². The van der Waals surface area contributed by atoms with Gasteiger partial charge in [0.2, 0.25) is 0 Å². The third-order valence-electron chi connectivity index (χ3n) is 4.04. The Morgan fingerprint density at radius 2 is 2.00 bits per heavy atom. The molecule has 0 radical (unpaired) electrons. The van der Waals surface area contributed by atoms with E-state index in [1.165, 1.54) is 43.2 Å². The maximum absolute atomic E-state index is 5.97. The van der Waals surface area contributed by atoms with Gasteiger partial charge in [-0.25, -0.2) is 0 Å². The molecule has 1 aliphatic heterocycles. The average Bonchev–Trinajstić information content (AvgIpc) is 3.21. The van der Waals surface area contributed by atoms with Crippen LogP contribution in [0.1, 0.15) is 49.1 Å². The van der Waals surface area contributed by atoms with E-state index >= 15 is 0 Å². The Kier molecular flexibility index (Phi) is 3.55. The molecule has 0 amide bonds. The summed E-state index contributed by atoms with van der Waals surface area (Å²) in [6.45, 7) is 3.71. The Morgan fingerprint density at radius 3 is 2.72 bits per heavy atom. The Labute approximate surface area is 109 Å². The van der Waals surface area contributed by atoms with Gasteiger partial charge in [0.1, 0.15) is 18.5 Å². The van der Waals surface area contributed by atoms with Crippen LogP contribution < -0.4 is 4.74 Å². The number of aryl methyl sites for hydroxylation is 1. The molecule has 1 aromatic carbocycles. The fraction of sp³-hybridized carbons (Fsp3) is 0.625. The first-order valence-corrected chi connectivity index (χ1v) is 7.18. The number of ether oxygens (including phenoxy) is 2. The van der Waals surface area contributed by atoms with Crippen molar-refractivity contribution >= 4 is 0 Å². The Balaban J connectivity index is 1.76. The van der Waals surface area contributed by atoms with E-state index < -0.39 is 0 Å². The largest absolute Gasteiger partial charge is 0.490 e. The van der Waals surface area contributed by atoms with E-state index in [0.29, 0.717) is 18.6 Å². The average molecular weight is 246 g/mol. The minimum atomic E-state index is 0.338. The standard InChI is InChI=1S/C16H22O2/c1-12-7-8-15(13-5-3-2-4-6-13)16(9-12)18-11-14-10-17-14/h7-9,13-14H,2-6,10-11H2,1H3/t14-/m0/s1. The molecular weight excluding hydrogens is 224 g/mol. The van der Waals surface area contributed by atoms with Crippen LogP contribution in [0, 0.1) is 6.92 Å². The monoisotopic (exact) mass is 246 g/mol. The number of benzene rings is 1. The maximum atomic E-state index is 5.97. The Bertz CT molecular complexity index is 404. The van der Waals surface area contributed by atoms with E-state index in [9.17, 15) is 0 Å². The van der Waals surface area contributed by atoms with E-state index in [4.69, 9.17) is 9.47 Å². The highest BCUT2D eigenvalue weighted by Crippen LogP contribution is 2.38. The van der Waals surface area contributed by atoms with Crippen LogP contribution >= 0.6 is 0 Å². The summed E-state index contributed by atoms with van der Waals surface area (Å²) in [6, 6.07) is 6.67. The number of rotatable bonds is 4. The zero-order chi connectivity index (χ0) is 12.4. The van der Waals surface area contributed by atoms with Crippen molar-refractivity contribution in [3.8, 4) is 5.75 Å². The first kappa shape index (κ1) is 12.0. The zero-order valence-electron chi connectivity index (χ0n) is 11.2. The molecule has 0 N–H and O–H groups in total. The molecule has 0 aromatic heterocycles. The fourth-order valence-corrected chi connectivity index (χ4v) is 2.86. The van der Waals surface area contributed by atoms with E-state index in [2.05, 4.69) is 25.1 Å². The Hall–Kier alpha value is -1.02. The highest BCUT2D eigenvalue weighted by Gasteiger charge is 2.25. The third kappa shape index (κ3) is 2.86. The third-order valence-corrected chi connectivity index (χ3v) is 4.04. The summed E-state index contributed by atoms with van der Waals surface area (Å²) in [6.07, 6.45) is 7.10. The van der Waals surface area contributed by atoms with Crippen LogP contribution in [0.4, 0.5) is 0 Å². The van der Waals surface area contributed by atoms with Crippen LogP contribution in [-0.4, -0.2) is 19.3 Å². The first-order valence-electron chi connectivity index (χ1n) is 7.18. The molecule has 1 aliphatic carbocycles. The quantitative estimate of drug-likeness (QED) is 0.753. The topological polar surface area (TPSA) is 21.8 Å². The molecule has 2 fully saturated rings. The molecule has 1 saturated carbocycles. The summed E-state index contributed by atoms with van der Waals surface area (Å²) in [5.74, 6) is 1.80. The lowest BCUT2D eigenvalue weighted by atomic mass is 9.83. The van der Waals surface area contributed by atoms with Gasteiger partial charge in [-0.15, -0.1) is 0 Å². The molecule has 0 bridgehead atoms. The second kappa shape index (κ2) is 5.31. The van der Waals surface area contributed by atoms with E-state index in [-0.39, 0.29) is 0 Å². The van der Waals surface area contributed by atoms with Crippen molar-refractivity contribution in [3.05, 3.63) is 29.3 Å². The van der Waals surface area contributed by atoms with Crippen LogP contribution in [-0.2, 0) is 4.74 Å². The van der Waals surface area contributed by atoms with Gasteiger partial charge in [0.15, 0.2) is 0 Å². The van der Waals surface area contributed by atoms with Crippen molar-refractivity contribution in [2.75, 3.05) is 13.2 Å². The first-order chi connectivity index (χ1) is 8.83. The van der Waals surface area contributed by atoms with Gasteiger partial charge in [-0.2, -0.15) is 0 Å². The molecule has 2 aliphatic rings. The smallest absolute Gasteiger partial charge is 0.123 e. The van der Waals surface area contributed by atoms with Gasteiger partial charge in [-0.05, 0) is 42.9 Å². The summed E-state index contributed by atoms with van der Waals surface area (Å²) in [7, 11) is 0. The van der Waals surface area contributed by atoms with Gasteiger partial charge in [0.05, 0.1) is 6.61 Å². The van der Waals surface area contributed by atoms with Gasteiger partial charge in [-0.1, -0.05) is 31.4 Å². The van der Waals surface area contributed by atoms with Gasteiger partial charge >= 0.3 is 0 Å². The van der Waals surface area contributed by atoms with E-state index in [0.717, 1.165) is 12.4 Å². The molecule has 0 spiro atoms. The van der Waals surface area contributed by atoms with Crippen LogP contribution in [0.15, 0.2) is 18.2 Å². The molecule has 1 aromatic rings. The van der Waals surface area contributed by atoms with Crippen molar-refractivity contribution in [2.45, 2.75) is 51.0 Å². The number of hydrogen-bond acceptors (Lipinski definition) is 2. The lowest BCUT2D eigenvalue weighted by molar-refractivity contribution is 0.258. The molecule has 1 saturated heterocycles. The Morgan fingerprint density at radius 1 is 1.22 bits per heavy atom. The molecule has 2 nitrogen and oxygen atoms in total. The minimum Gasteiger partial charge on any atom is -0.490 e. The van der Waals surface area contributed by atoms with Crippen molar-refractivity contribution in [1.82, 2.24) is 0 Å². The van der Waals surface area contributed by atoms with E-state index in [1.54, 1.807) is 0 Å².